The molecule has 0 aliphatic carbocycles. The Hall–Kier alpha value is -3.12. The van der Waals surface area contributed by atoms with Crippen molar-refractivity contribution in [1.29, 1.82) is 0 Å². The average Bonchev–Trinajstić information content (AvgIpc) is 3.12. The van der Waals surface area contributed by atoms with Crippen molar-refractivity contribution in [3.63, 3.8) is 0 Å². The van der Waals surface area contributed by atoms with E-state index in [1.807, 2.05) is 11.6 Å². The highest BCUT2D eigenvalue weighted by Gasteiger charge is 2.09. The number of phenols is 1. The second kappa shape index (κ2) is 9.39. The lowest BCUT2D eigenvalue weighted by atomic mass is 10.1. The molecule has 150 valence electrons. The normalized spacial score (nSPS) is 11.9. The van der Waals surface area contributed by atoms with Crippen molar-refractivity contribution < 1.29 is 9.84 Å². The third-order valence-electron chi connectivity index (χ3n) is 4.45. The van der Waals surface area contributed by atoms with Crippen LogP contribution < -0.4 is 9.54 Å². The molecule has 1 heterocycles. The molecule has 0 aliphatic rings. The molecule has 0 fully saturated rings. The van der Waals surface area contributed by atoms with Crippen LogP contribution in [-0.4, -0.2) is 29.1 Å². The van der Waals surface area contributed by atoms with Gasteiger partial charge in [-0.2, -0.15) is 5.10 Å². The van der Waals surface area contributed by atoms with Crippen molar-refractivity contribution >= 4 is 17.6 Å². The molecule has 29 heavy (non-hydrogen) atoms. The number of hydrogen-bond acceptors (Lipinski definition) is 5. The fraction of sp³-hybridized carbons (Fsp3) is 0.217. The number of aromatic hydroxyl groups is 1. The first kappa shape index (κ1) is 20.6. The van der Waals surface area contributed by atoms with Crippen LogP contribution in [0.4, 0.5) is 0 Å². The number of benzene rings is 2. The minimum atomic E-state index is 0.115. The van der Waals surface area contributed by atoms with Crippen LogP contribution in [-0.2, 0) is 0 Å². The third kappa shape index (κ3) is 4.84. The Balaban J connectivity index is 2.06. The lowest BCUT2D eigenvalue weighted by molar-refractivity contribution is 0.318. The molecule has 0 unspecified atom stereocenters. The number of hydrogen-bond donors (Lipinski definition) is 1. The van der Waals surface area contributed by atoms with E-state index in [2.05, 4.69) is 54.1 Å². The maximum absolute atomic E-state index is 9.90. The second-order valence-corrected chi connectivity index (χ2v) is 7.39. The van der Waals surface area contributed by atoms with Gasteiger partial charge in [0.2, 0.25) is 4.80 Å². The second-order valence-electron chi connectivity index (χ2n) is 6.55. The van der Waals surface area contributed by atoms with E-state index in [1.165, 1.54) is 22.5 Å². The average molecular weight is 408 g/mol. The van der Waals surface area contributed by atoms with E-state index < -0.39 is 0 Å². The summed E-state index contributed by atoms with van der Waals surface area (Å²) in [6, 6.07) is 11.6. The van der Waals surface area contributed by atoms with E-state index in [9.17, 15) is 5.11 Å². The number of phenolic OH excluding ortho intramolecular Hbond substituents is 1. The predicted octanol–water partition coefficient (Wildman–Crippen LogP) is 4.91. The highest BCUT2D eigenvalue weighted by molar-refractivity contribution is 7.07. The molecule has 0 amide bonds. The zero-order valence-electron chi connectivity index (χ0n) is 16.9. The number of rotatable bonds is 7. The van der Waals surface area contributed by atoms with E-state index in [-0.39, 0.29) is 5.75 Å². The first-order valence-corrected chi connectivity index (χ1v) is 10.3. The molecule has 2 aromatic carbocycles. The highest BCUT2D eigenvalue weighted by atomic mass is 32.1. The lowest BCUT2D eigenvalue weighted by Gasteiger charge is -2.07. The molecule has 1 N–H and O–H groups in total. The number of thiazole rings is 1. The summed E-state index contributed by atoms with van der Waals surface area (Å²) in [6.45, 7) is 10.8. The summed E-state index contributed by atoms with van der Waals surface area (Å²) in [5.41, 5.74) is 5.37. The molecular weight excluding hydrogens is 382 g/mol. The van der Waals surface area contributed by atoms with Crippen LogP contribution in [0.3, 0.4) is 0 Å². The Bertz CT molecular complexity index is 1110. The van der Waals surface area contributed by atoms with E-state index in [4.69, 9.17) is 4.74 Å². The fourth-order valence-corrected chi connectivity index (χ4v) is 3.61. The number of aryl methyl sites for hydroxylation is 2. The van der Waals surface area contributed by atoms with Crippen molar-refractivity contribution in [3.8, 4) is 22.8 Å². The molecule has 0 aliphatic heterocycles. The number of aromatic nitrogens is 1. The van der Waals surface area contributed by atoms with E-state index >= 15 is 0 Å². The van der Waals surface area contributed by atoms with Gasteiger partial charge < -0.3 is 9.84 Å². The molecule has 0 spiro atoms. The topological polar surface area (TPSA) is 59.1 Å². The molecule has 6 heteroatoms. The van der Waals surface area contributed by atoms with Gasteiger partial charge in [0.25, 0.3) is 0 Å². The molecule has 1 aromatic heterocycles. The van der Waals surface area contributed by atoms with Crippen molar-refractivity contribution in [3.05, 3.63) is 75.9 Å². The van der Waals surface area contributed by atoms with Crippen LogP contribution in [0.5, 0.6) is 11.5 Å². The van der Waals surface area contributed by atoms with E-state index in [0.717, 1.165) is 21.6 Å². The molecule has 0 radical (unpaired) electrons. The van der Waals surface area contributed by atoms with Crippen molar-refractivity contribution in [2.45, 2.75) is 20.8 Å². The summed E-state index contributed by atoms with van der Waals surface area (Å²) in [7, 11) is 0. The molecule has 3 rings (SSSR count). The third-order valence-corrected chi connectivity index (χ3v) is 5.30. The Labute approximate surface area is 175 Å². The molecule has 0 atom stereocenters. The summed E-state index contributed by atoms with van der Waals surface area (Å²) in [5.74, 6) is 0.558. The minimum absolute atomic E-state index is 0.115. The largest absolute Gasteiger partial charge is 0.504 e. The fourth-order valence-electron chi connectivity index (χ4n) is 2.77. The van der Waals surface area contributed by atoms with Crippen LogP contribution in [0.1, 0.15) is 23.6 Å². The van der Waals surface area contributed by atoms with Crippen LogP contribution in [0, 0.1) is 13.8 Å². The Morgan fingerprint density at radius 3 is 2.72 bits per heavy atom. The SMILES string of the molecule is C=CCN=c1scc(-c2ccc(C)c(C)c2)n1N=Cc1ccc(O)c(OCC)c1. The monoisotopic (exact) mass is 407 g/mol. The maximum Gasteiger partial charge on any atom is 0.206 e. The number of ether oxygens (including phenoxy) is 1. The summed E-state index contributed by atoms with van der Waals surface area (Å²) in [4.78, 5) is 5.36. The summed E-state index contributed by atoms with van der Waals surface area (Å²) in [6.07, 6.45) is 3.50. The smallest absolute Gasteiger partial charge is 0.206 e. The van der Waals surface area contributed by atoms with Crippen LogP contribution in [0.25, 0.3) is 11.3 Å². The first-order valence-electron chi connectivity index (χ1n) is 9.43. The van der Waals surface area contributed by atoms with Crippen LogP contribution in [0.2, 0.25) is 0 Å². The van der Waals surface area contributed by atoms with Crippen molar-refractivity contribution in [2.24, 2.45) is 10.1 Å². The lowest BCUT2D eigenvalue weighted by Crippen LogP contribution is -2.12. The van der Waals surface area contributed by atoms with Gasteiger partial charge in [-0.05, 0) is 61.7 Å². The van der Waals surface area contributed by atoms with Gasteiger partial charge in [0, 0.05) is 10.9 Å². The standard InChI is InChI=1S/C23H25N3O2S/c1-5-11-24-23-26(20(15-29-23)19-9-7-16(3)17(4)12-19)25-14-18-8-10-21(27)22(13-18)28-6-2/h5,7-10,12-15,27H,1,6,11H2,2-4H3. The summed E-state index contributed by atoms with van der Waals surface area (Å²) >= 11 is 1.54. The Morgan fingerprint density at radius 1 is 1.17 bits per heavy atom. The first-order chi connectivity index (χ1) is 14.0. The number of nitrogens with zero attached hydrogens (tertiary/aromatic N) is 3. The molecule has 3 aromatic rings. The summed E-state index contributed by atoms with van der Waals surface area (Å²) in [5, 5.41) is 16.7. The van der Waals surface area contributed by atoms with Gasteiger partial charge >= 0.3 is 0 Å². The Kier molecular flexibility index (Phi) is 6.67. The van der Waals surface area contributed by atoms with E-state index in [0.29, 0.717) is 18.9 Å². The van der Waals surface area contributed by atoms with Crippen LogP contribution in [0.15, 0.2) is 64.5 Å². The van der Waals surface area contributed by atoms with Gasteiger partial charge in [-0.15, -0.1) is 17.9 Å². The molecule has 0 saturated heterocycles. The predicted molar refractivity (Wildman–Crippen MR) is 120 cm³/mol. The molecular formula is C23H25N3O2S. The highest BCUT2D eigenvalue weighted by Crippen LogP contribution is 2.26. The van der Waals surface area contributed by atoms with Gasteiger partial charge in [0.15, 0.2) is 11.5 Å². The van der Waals surface area contributed by atoms with Gasteiger partial charge in [-0.1, -0.05) is 18.2 Å². The van der Waals surface area contributed by atoms with Gasteiger partial charge in [0.1, 0.15) is 0 Å². The molecule has 5 nitrogen and oxygen atoms in total. The van der Waals surface area contributed by atoms with Gasteiger partial charge in [-0.25, -0.2) is 4.68 Å². The van der Waals surface area contributed by atoms with Gasteiger partial charge in [0.05, 0.1) is 25.1 Å². The van der Waals surface area contributed by atoms with Gasteiger partial charge in [-0.3, -0.25) is 4.99 Å². The van der Waals surface area contributed by atoms with Crippen LogP contribution >= 0.6 is 11.3 Å². The van der Waals surface area contributed by atoms with Crippen molar-refractivity contribution in [2.75, 3.05) is 13.2 Å². The summed E-state index contributed by atoms with van der Waals surface area (Å²) < 4.78 is 7.30. The zero-order chi connectivity index (χ0) is 20.8. The maximum atomic E-state index is 9.90. The quantitative estimate of drug-likeness (QED) is 0.447. The van der Waals surface area contributed by atoms with E-state index in [1.54, 1.807) is 30.5 Å². The Morgan fingerprint density at radius 2 is 2.00 bits per heavy atom. The molecule has 0 saturated carbocycles. The molecule has 0 bridgehead atoms. The van der Waals surface area contributed by atoms with Crippen molar-refractivity contribution in [1.82, 2.24) is 4.68 Å². The minimum Gasteiger partial charge on any atom is -0.504 e. The zero-order valence-corrected chi connectivity index (χ0v) is 17.7.